The number of aryl methyl sites for hydroxylation is 2. The van der Waals surface area contributed by atoms with Gasteiger partial charge in [-0.2, -0.15) is 0 Å². The molecule has 0 aliphatic carbocycles. The molecule has 0 spiro atoms. The van der Waals surface area contributed by atoms with Crippen molar-refractivity contribution in [3.63, 3.8) is 0 Å². The van der Waals surface area contributed by atoms with E-state index in [-0.39, 0.29) is 11.4 Å². The third-order valence-electron chi connectivity index (χ3n) is 3.99. The van der Waals surface area contributed by atoms with Gasteiger partial charge in [0.05, 0.1) is 5.56 Å². The number of carbonyl (C=O) groups is 2. The number of nitrogen functional groups attached to an aromatic ring is 1. The Morgan fingerprint density at radius 2 is 1.85 bits per heavy atom. The SMILES string of the molecule is Cc1cc(NC(=O)C(OC(=O)c2cccc(C)c2N)c2ccccc2)no1. The molecule has 1 amide bonds. The summed E-state index contributed by atoms with van der Waals surface area (Å²) in [5.41, 5.74) is 7.78. The van der Waals surface area contributed by atoms with Gasteiger partial charge in [0.1, 0.15) is 5.76 Å². The molecule has 1 heterocycles. The van der Waals surface area contributed by atoms with E-state index in [1.807, 2.05) is 0 Å². The number of esters is 1. The number of anilines is 2. The van der Waals surface area contributed by atoms with Gasteiger partial charge in [-0.25, -0.2) is 4.79 Å². The second-order valence-electron chi connectivity index (χ2n) is 6.04. The van der Waals surface area contributed by atoms with Crippen molar-refractivity contribution in [2.24, 2.45) is 0 Å². The van der Waals surface area contributed by atoms with Crippen LogP contribution in [-0.2, 0) is 9.53 Å². The fraction of sp³-hybridized carbons (Fsp3) is 0.150. The molecular formula is C20H19N3O4. The normalized spacial score (nSPS) is 11.6. The number of benzene rings is 2. The topological polar surface area (TPSA) is 107 Å². The van der Waals surface area contributed by atoms with Crippen LogP contribution in [0.4, 0.5) is 11.5 Å². The molecule has 7 heteroatoms. The lowest BCUT2D eigenvalue weighted by atomic mass is 10.1. The van der Waals surface area contributed by atoms with Crippen LogP contribution in [0.25, 0.3) is 0 Å². The van der Waals surface area contributed by atoms with E-state index in [0.29, 0.717) is 17.0 Å². The first-order valence-electron chi connectivity index (χ1n) is 8.31. The maximum atomic E-state index is 12.7. The van der Waals surface area contributed by atoms with Crippen molar-refractivity contribution in [1.82, 2.24) is 5.16 Å². The predicted octanol–water partition coefficient (Wildman–Crippen LogP) is 3.41. The molecule has 1 atom stereocenters. The summed E-state index contributed by atoms with van der Waals surface area (Å²) in [7, 11) is 0. The van der Waals surface area contributed by atoms with Gasteiger partial charge >= 0.3 is 5.97 Å². The molecule has 2 aromatic carbocycles. The molecule has 0 aliphatic heterocycles. The van der Waals surface area contributed by atoms with Crippen molar-refractivity contribution in [2.75, 3.05) is 11.1 Å². The summed E-state index contributed by atoms with van der Waals surface area (Å²) in [4.78, 5) is 25.4. The number of ether oxygens (including phenoxy) is 1. The molecule has 3 N–H and O–H groups in total. The number of nitrogens with one attached hydrogen (secondary N) is 1. The highest BCUT2D eigenvalue weighted by Gasteiger charge is 2.27. The molecule has 0 aliphatic rings. The van der Waals surface area contributed by atoms with Gasteiger partial charge in [0.25, 0.3) is 5.91 Å². The Labute approximate surface area is 156 Å². The van der Waals surface area contributed by atoms with Gasteiger partial charge in [0.2, 0.25) is 6.10 Å². The Balaban J connectivity index is 1.87. The molecule has 0 bridgehead atoms. The number of para-hydroxylation sites is 1. The Hall–Kier alpha value is -3.61. The standard InChI is InChI=1S/C20H19N3O4/c1-12-7-6-10-15(17(12)21)20(25)26-18(14-8-4-3-5-9-14)19(24)22-16-11-13(2)27-23-16/h3-11,18H,21H2,1-2H3,(H,22,23,24). The molecule has 7 nitrogen and oxygen atoms in total. The third kappa shape index (κ3) is 4.14. The highest BCUT2D eigenvalue weighted by molar-refractivity contribution is 6.00. The van der Waals surface area contributed by atoms with E-state index in [0.717, 1.165) is 5.56 Å². The summed E-state index contributed by atoms with van der Waals surface area (Å²) in [6, 6.07) is 15.3. The molecule has 0 saturated carbocycles. The number of hydrogen-bond acceptors (Lipinski definition) is 6. The number of rotatable bonds is 5. The maximum absolute atomic E-state index is 12.7. The quantitative estimate of drug-likeness (QED) is 0.530. The molecule has 1 aromatic heterocycles. The van der Waals surface area contributed by atoms with Crippen LogP contribution in [0.1, 0.15) is 33.3 Å². The number of hydrogen-bond donors (Lipinski definition) is 2. The zero-order valence-corrected chi connectivity index (χ0v) is 14.9. The minimum absolute atomic E-state index is 0.209. The molecule has 0 radical (unpaired) electrons. The number of nitrogens with zero attached hydrogens (tertiary/aromatic N) is 1. The molecule has 3 aromatic rings. The van der Waals surface area contributed by atoms with E-state index in [2.05, 4.69) is 10.5 Å². The highest BCUT2D eigenvalue weighted by atomic mass is 16.5. The van der Waals surface area contributed by atoms with Crippen molar-refractivity contribution in [1.29, 1.82) is 0 Å². The third-order valence-corrected chi connectivity index (χ3v) is 3.99. The van der Waals surface area contributed by atoms with E-state index in [1.54, 1.807) is 68.4 Å². The van der Waals surface area contributed by atoms with Crippen LogP contribution in [0.3, 0.4) is 0 Å². The monoisotopic (exact) mass is 365 g/mol. The Bertz CT molecular complexity index is 966. The number of amides is 1. The van der Waals surface area contributed by atoms with Gasteiger partial charge in [-0.3, -0.25) is 4.79 Å². The van der Waals surface area contributed by atoms with Crippen LogP contribution in [0.2, 0.25) is 0 Å². The van der Waals surface area contributed by atoms with Crippen LogP contribution in [0.15, 0.2) is 59.1 Å². The molecule has 0 fully saturated rings. The van der Waals surface area contributed by atoms with Crippen molar-refractivity contribution >= 4 is 23.4 Å². The van der Waals surface area contributed by atoms with Crippen molar-refractivity contribution < 1.29 is 18.8 Å². The van der Waals surface area contributed by atoms with Crippen molar-refractivity contribution in [3.05, 3.63) is 77.0 Å². The van der Waals surface area contributed by atoms with E-state index >= 15 is 0 Å². The van der Waals surface area contributed by atoms with Crippen LogP contribution in [-0.4, -0.2) is 17.0 Å². The van der Waals surface area contributed by atoms with Crippen LogP contribution >= 0.6 is 0 Å². The second-order valence-corrected chi connectivity index (χ2v) is 6.04. The van der Waals surface area contributed by atoms with Crippen LogP contribution < -0.4 is 11.1 Å². The lowest BCUT2D eigenvalue weighted by Gasteiger charge is -2.18. The van der Waals surface area contributed by atoms with Gasteiger partial charge in [0, 0.05) is 17.3 Å². The first kappa shape index (κ1) is 18.2. The average Bonchev–Trinajstić information content (AvgIpc) is 3.07. The summed E-state index contributed by atoms with van der Waals surface area (Å²) in [5.74, 6) is -0.443. The molecule has 138 valence electrons. The van der Waals surface area contributed by atoms with Gasteiger partial charge in [-0.1, -0.05) is 47.6 Å². The molecule has 1 unspecified atom stereocenters. The van der Waals surface area contributed by atoms with E-state index in [9.17, 15) is 9.59 Å². The average molecular weight is 365 g/mol. The van der Waals surface area contributed by atoms with E-state index in [4.69, 9.17) is 15.0 Å². The fourth-order valence-electron chi connectivity index (χ4n) is 2.55. The Morgan fingerprint density at radius 1 is 1.11 bits per heavy atom. The number of nitrogens with two attached hydrogens (primary N) is 1. The summed E-state index contributed by atoms with van der Waals surface area (Å²) in [6.07, 6.45) is -1.17. The summed E-state index contributed by atoms with van der Waals surface area (Å²) in [6.45, 7) is 3.50. The molecule has 3 rings (SSSR count). The predicted molar refractivity (Wildman–Crippen MR) is 100 cm³/mol. The number of aromatic nitrogens is 1. The first-order valence-corrected chi connectivity index (χ1v) is 8.31. The first-order chi connectivity index (χ1) is 13.0. The maximum Gasteiger partial charge on any atom is 0.341 e. The smallest absolute Gasteiger partial charge is 0.341 e. The zero-order valence-electron chi connectivity index (χ0n) is 14.9. The lowest BCUT2D eigenvalue weighted by Crippen LogP contribution is -2.26. The number of carbonyl (C=O) groups excluding carboxylic acids is 2. The van der Waals surface area contributed by atoms with Gasteiger partial charge in [0.15, 0.2) is 5.82 Å². The largest absolute Gasteiger partial charge is 0.444 e. The summed E-state index contributed by atoms with van der Waals surface area (Å²) < 4.78 is 10.5. The summed E-state index contributed by atoms with van der Waals surface area (Å²) in [5, 5.41) is 6.32. The van der Waals surface area contributed by atoms with Gasteiger partial charge < -0.3 is 20.3 Å². The van der Waals surface area contributed by atoms with Gasteiger partial charge in [-0.05, 0) is 25.5 Å². The fourth-order valence-corrected chi connectivity index (χ4v) is 2.55. The zero-order chi connectivity index (χ0) is 19.4. The molecular weight excluding hydrogens is 346 g/mol. The minimum atomic E-state index is -1.17. The Kier molecular flexibility index (Phi) is 5.21. The van der Waals surface area contributed by atoms with Gasteiger partial charge in [-0.15, -0.1) is 0 Å². The molecule has 27 heavy (non-hydrogen) atoms. The van der Waals surface area contributed by atoms with Crippen LogP contribution in [0, 0.1) is 13.8 Å². The van der Waals surface area contributed by atoms with Crippen molar-refractivity contribution in [2.45, 2.75) is 20.0 Å². The Morgan fingerprint density at radius 3 is 2.52 bits per heavy atom. The van der Waals surface area contributed by atoms with E-state index < -0.39 is 18.0 Å². The van der Waals surface area contributed by atoms with Crippen molar-refractivity contribution in [3.8, 4) is 0 Å². The molecule has 0 saturated heterocycles. The van der Waals surface area contributed by atoms with E-state index in [1.165, 1.54) is 0 Å². The second kappa shape index (κ2) is 7.74. The summed E-state index contributed by atoms with van der Waals surface area (Å²) >= 11 is 0. The highest BCUT2D eigenvalue weighted by Crippen LogP contribution is 2.24. The minimum Gasteiger partial charge on any atom is -0.444 e. The lowest BCUT2D eigenvalue weighted by molar-refractivity contribution is -0.125. The van der Waals surface area contributed by atoms with Crippen LogP contribution in [0.5, 0.6) is 0 Å².